The lowest BCUT2D eigenvalue weighted by Gasteiger charge is -2.60. The van der Waals surface area contributed by atoms with Crippen LogP contribution in [0.5, 0.6) is 34.5 Å². The molecule has 4 aromatic rings. The Morgan fingerprint density at radius 1 is 0.855 bits per heavy atom. The van der Waals surface area contributed by atoms with E-state index in [9.17, 15) is 20.3 Å². The molecule has 12 nitrogen and oxygen atoms in total. The molecule has 1 amide bonds. The Hall–Kier alpha value is -5.64. The molecule has 1 fully saturated rings. The lowest BCUT2D eigenvalue weighted by atomic mass is 9.71. The van der Waals surface area contributed by atoms with Crippen LogP contribution in [-0.2, 0) is 11.2 Å². The second-order valence-electron chi connectivity index (χ2n) is 14.6. The summed E-state index contributed by atoms with van der Waals surface area (Å²) in [5.74, 6) is 1.46. The number of benzene rings is 4. The number of nitriles is 1. The molecular formula is C43H45N4O8. The average molecular weight is 746 g/mol. The maximum absolute atomic E-state index is 13.7. The fourth-order valence-electron chi connectivity index (χ4n) is 10.00. The molecule has 1 unspecified atom stereocenters. The fourth-order valence-corrected chi connectivity index (χ4v) is 10.00. The van der Waals surface area contributed by atoms with Gasteiger partial charge in [-0.25, -0.2) is 4.79 Å². The van der Waals surface area contributed by atoms with E-state index in [1.807, 2.05) is 51.6 Å². The predicted octanol–water partition coefficient (Wildman–Crippen LogP) is 6.07. The number of phenolic OH excluding ortho intramolecular Hbond substituents is 2. The third kappa shape index (κ3) is 5.28. The Kier molecular flexibility index (Phi) is 9.18. The number of rotatable bonds is 8. The van der Waals surface area contributed by atoms with E-state index >= 15 is 0 Å². The molecule has 0 saturated carbocycles. The van der Waals surface area contributed by atoms with E-state index in [2.05, 4.69) is 45.5 Å². The van der Waals surface area contributed by atoms with Gasteiger partial charge < -0.3 is 39.2 Å². The van der Waals surface area contributed by atoms with Crippen LogP contribution >= 0.6 is 0 Å². The van der Waals surface area contributed by atoms with Crippen molar-refractivity contribution in [2.45, 2.75) is 56.4 Å². The number of methoxy groups -OCH3 is 4. The number of carbonyl (C=O) groups is 1. The summed E-state index contributed by atoms with van der Waals surface area (Å²) >= 11 is 0. The second kappa shape index (κ2) is 13.9. The SMILES string of the molecule is COc1c(C)c(OC)c2c(c1O)[C@@H]1[C@@H]3Cc4c(OC)c(C)c(OC)c(O)c4[C@H](CNC(=O)OCC4c5ccccc5-c5ccccc54)N3[C@@H](C#N)C([CH]2)N1C. The quantitative estimate of drug-likeness (QED) is 0.193. The molecule has 1 saturated heterocycles. The van der Waals surface area contributed by atoms with Crippen LogP contribution in [0.15, 0.2) is 48.5 Å². The smallest absolute Gasteiger partial charge is 0.407 e. The number of carbonyl (C=O) groups excluding carboxylic acids is 1. The number of piperazine rings is 1. The molecule has 0 aromatic heterocycles. The molecule has 55 heavy (non-hydrogen) atoms. The highest BCUT2D eigenvalue weighted by atomic mass is 16.5. The molecule has 4 aromatic carbocycles. The number of aromatic hydroxyl groups is 2. The summed E-state index contributed by atoms with van der Waals surface area (Å²) < 4.78 is 29.3. The summed E-state index contributed by atoms with van der Waals surface area (Å²) in [7, 11) is 8.10. The van der Waals surface area contributed by atoms with Crippen molar-refractivity contribution in [1.82, 2.24) is 15.1 Å². The monoisotopic (exact) mass is 745 g/mol. The summed E-state index contributed by atoms with van der Waals surface area (Å²) in [5, 5.41) is 37.8. The van der Waals surface area contributed by atoms with Gasteiger partial charge in [-0.3, -0.25) is 9.80 Å². The molecule has 1 radical (unpaired) electrons. The summed E-state index contributed by atoms with van der Waals surface area (Å²) in [5.41, 5.74) is 8.29. The van der Waals surface area contributed by atoms with Crippen molar-refractivity contribution in [3.8, 4) is 51.7 Å². The molecule has 8 rings (SSSR count). The fraction of sp³-hybridized carbons (Fsp3) is 0.372. The highest BCUT2D eigenvalue weighted by Crippen LogP contribution is 2.59. The van der Waals surface area contributed by atoms with Gasteiger partial charge in [-0.15, -0.1) is 0 Å². The Balaban J connectivity index is 1.20. The van der Waals surface area contributed by atoms with Gasteiger partial charge in [0.15, 0.2) is 23.0 Å². The first-order chi connectivity index (χ1) is 26.6. The zero-order chi connectivity index (χ0) is 38.9. The van der Waals surface area contributed by atoms with E-state index in [4.69, 9.17) is 23.7 Å². The zero-order valence-electron chi connectivity index (χ0n) is 32.0. The van der Waals surface area contributed by atoms with Crippen molar-refractivity contribution in [2.75, 3.05) is 48.6 Å². The normalized spacial score (nSPS) is 22.3. The van der Waals surface area contributed by atoms with Crippen LogP contribution < -0.4 is 24.3 Å². The van der Waals surface area contributed by atoms with Gasteiger partial charge in [-0.1, -0.05) is 48.5 Å². The molecule has 3 aliphatic heterocycles. The molecule has 285 valence electrons. The van der Waals surface area contributed by atoms with E-state index in [1.54, 1.807) is 14.2 Å². The maximum atomic E-state index is 13.7. The van der Waals surface area contributed by atoms with Gasteiger partial charge in [-0.2, -0.15) is 5.26 Å². The number of nitrogens with one attached hydrogen (secondary N) is 1. The molecule has 0 spiro atoms. The summed E-state index contributed by atoms with van der Waals surface area (Å²) in [6, 6.07) is 16.0. The van der Waals surface area contributed by atoms with Gasteiger partial charge in [0.25, 0.3) is 0 Å². The maximum Gasteiger partial charge on any atom is 0.407 e. The minimum absolute atomic E-state index is 0.00228. The van der Waals surface area contributed by atoms with Crippen LogP contribution in [0.4, 0.5) is 4.79 Å². The predicted molar refractivity (Wildman–Crippen MR) is 204 cm³/mol. The standard InChI is InChI=1S/C43H45N4O8/c1-21-39(51-4)27-17-31-36-35-28(40(52-5)22(2)42(54-7)38(35)49)16-30(46(36)3)32(18-44)47(31)33(34(27)37(48)41(21)53-6)19-45-43(50)55-20-29-25-14-10-8-12-23(25)24-13-9-11-15-26(24)29/h8-16,29-33,36,48-49H,17,19-20H2,1-7H3,(H,45,50)/t30?,31-,32-,33-,36-/m0/s1. The van der Waals surface area contributed by atoms with Crippen molar-refractivity contribution in [1.29, 1.82) is 5.26 Å². The van der Waals surface area contributed by atoms with Crippen LogP contribution in [0.3, 0.4) is 0 Å². The first-order valence-corrected chi connectivity index (χ1v) is 18.4. The Morgan fingerprint density at radius 3 is 2.00 bits per heavy atom. The third-order valence-electron chi connectivity index (χ3n) is 12.2. The van der Waals surface area contributed by atoms with Crippen molar-refractivity contribution < 1.29 is 38.7 Å². The number of hydrogen-bond acceptors (Lipinski definition) is 11. The molecule has 2 bridgehead atoms. The van der Waals surface area contributed by atoms with E-state index in [-0.39, 0.29) is 36.3 Å². The third-order valence-corrected chi connectivity index (χ3v) is 12.2. The minimum atomic E-state index is -0.742. The van der Waals surface area contributed by atoms with Crippen LogP contribution in [0.1, 0.15) is 62.5 Å². The van der Waals surface area contributed by atoms with Crippen LogP contribution in [-0.4, -0.2) is 92.9 Å². The average Bonchev–Trinajstić information content (AvgIpc) is 3.50. The Morgan fingerprint density at radius 2 is 1.42 bits per heavy atom. The zero-order valence-corrected chi connectivity index (χ0v) is 32.0. The van der Waals surface area contributed by atoms with Crippen molar-refractivity contribution in [2.24, 2.45) is 0 Å². The molecule has 4 aliphatic rings. The van der Waals surface area contributed by atoms with Gasteiger partial charge in [-0.05, 0) is 49.6 Å². The molecule has 5 atom stereocenters. The van der Waals surface area contributed by atoms with Gasteiger partial charge in [0.05, 0.1) is 46.6 Å². The number of hydrogen-bond donors (Lipinski definition) is 3. The highest BCUT2D eigenvalue weighted by Gasteiger charge is 2.57. The number of ether oxygens (including phenoxy) is 5. The van der Waals surface area contributed by atoms with Crippen LogP contribution in [0.2, 0.25) is 0 Å². The second-order valence-corrected chi connectivity index (χ2v) is 14.6. The number of amides is 1. The number of phenols is 2. The molecular weight excluding hydrogens is 700 g/mol. The first kappa shape index (κ1) is 36.3. The molecule has 12 heteroatoms. The molecule has 1 aliphatic carbocycles. The van der Waals surface area contributed by atoms with Crippen LogP contribution in [0.25, 0.3) is 11.1 Å². The Labute approximate surface area is 320 Å². The van der Waals surface area contributed by atoms with Crippen LogP contribution in [0, 0.1) is 31.6 Å². The lowest BCUT2D eigenvalue weighted by Crippen LogP contribution is -2.68. The number of fused-ring (bicyclic) bond motifs is 10. The minimum Gasteiger partial charge on any atom is -0.504 e. The summed E-state index contributed by atoms with van der Waals surface area (Å²) in [6.45, 7) is 3.77. The van der Waals surface area contributed by atoms with Crippen molar-refractivity contribution in [3.05, 3.63) is 99.5 Å². The topological polar surface area (TPSA) is 146 Å². The summed E-state index contributed by atoms with van der Waals surface area (Å²) in [6.07, 6.45) is 1.68. The van der Waals surface area contributed by atoms with E-state index in [0.29, 0.717) is 51.5 Å². The van der Waals surface area contributed by atoms with Gasteiger partial charge in [0.2, 0.25) is 0 Å². The molecule has 3 N–H and O–H groups in total. The number of alkyl carbamates (subject to hydrolysis) is 1. The first-order valence-electron chi connectivity index (χ1n) is 18.4. The van der Waals surface area contributed by atoms with Crippen molar-refractivity contribution >= 4 is 6.09 Å². The van der Waals surface area contributed by atoms with Gasteiger partial charge >= 0.3 is 6.09 Å². The lowest BCUT2D eigenvalue weighted by molar-refractivity contribution is -0.0607. The van der Waals surface area contributed by atoms with E-state index in [1.165, 1.54) is 14.2 Å². The van der Waals surface area contributed by atoms with E-state index in [0.717, 1.165) is 27.8 Å². The van der Waals surface area contributed by atoms with Gasteiger partial charge in [0.1, 0.15) is 24.1 Å². The number of likely N-dealkylation sites (N-methyl/N-ethyl adjacent to an activating group) is 1. The highest BCUT2D eigenvalue weighted by molar-refractivity contribution is 5.79. The number of nitrogens with zero attached hydrogens (tertiary/aromatic N) is 3. The van der Waals surface area contributed by atoms with Crippen molar-refractivity contribution in [3.63, 3.8) is 0 Å². The molecule has 3 heterocycles. The Bertz CT molecular complexity index is 2210. The van der Waals surface area contributed by atoms with Gasteiger partial charge in [0, 0.05) is 64.3 Å². The summed E-state index contributed by atoms with van der Waals surface area (Å²) in [4.78, 5) is 17.9. The largest absolute Gasteiger partial charge is 0.504 e. The van der Waals surface area contributed by atoms with E-state index < -0.39 is 36.3 Å².